The van der Waals surface area contributed by atoms with Gasteiger partial charge in [-0.05, 0) is 0 Å². The Morgan fingerprint density at radius 2 is 2.00 bits per heavy atom. The van der Waals surface area contributed by atoms with E-state index in [1.54, 1.807) is 11.6 Å². The molecule has 1 aromatic rings. The summed E-state index contributed by atoms with van der Waals surface area (Å²) in [6.45, 7) is 2.93. The molecule has 1 fully saturated rings. The summed E-state index contributed by atoms with van der Waals surface area (Å²) < 4.78 is 9.71. The zero-order chi connectivity index (χ0) is 12.5. The van der Waals surface area contributed by atoms with Crippen LogP contribution in [-0.4, -0.2) is 28.4 Å². The van der Waals surface area contributed by atoms with Crippen molar-refractivity contribution in [2.45, 2.75) is 19.6 Å². The summed E-state index contributed by atoms with van der Waals surface area (Å²) in [5.41, 5.74) is 2.05. The smallest absolute Gasteiger partial charge is 0.369 e. The lowest BCUT2D eigenvalue weighted by molar-refractivity contribution is -0.214. The van der Waals surface area contributed by atoms with E-state index in [-0.39, 0.29) is 0 Å². The van der Waals surface area contributed by atoms with Crippen LogP contribution in [0.2, 0.25) is 0 Å². The first-order valence-corrected chi connectivity index (χ1v) is 5.56. The van der Waals surface area contributed by atoms with E-state index in [0.29, 0.717) is 5.13 Å². The van der Waals surface area contributed by atoms with Gasteiger partial charge in [0.25, 0.3) is 11.5 Å². The van der Waals surface area contributed by atoms with E-state index < -0.39 is 23.4 Å². The maximum atomic E-state index is 11.5. The summed E-state index contributed by atoms with van der Waals surface area (Å²) in [7, 11) is 0. The number of nitrogens with zero attached hydrogens (tertiary/aromatic N) is 2. The number of aromatic nitrogens is 1. The van der Waals surface area contributed by atoms with Gasteiger partial charge >= 0.3 is 11.9 Å². The standard InChI is InChI=1S/C9H9N3O4S/c1-9(2)15-6(13)5(7(14)16-9)11-12-8-10-3-4-17-8/h3-4H,1-2H3,(H,10,12). The molecule has 1 aromatic heterocycles. The molecule has 90 valence electrons. The van der Waals surface area contributed by atoms with Gasteiger partial charge in [-0.25, -0.2) is 14.6 Å². The molecule has 0 radical (unpaired) electrons. The van der Waals surface area contributed by atoms with Crippen LogP contribution in [0.1, 0.15) is 13.8 Å². The van der Waals surface area contributed by atoms with Crippen LogP contribution in [0.5, 0.6) is 0 Å². The van der Waals surface area contributed by atoms with E-state index in [1.165, 1.54) is 25.2 Å². The van der Waals surface area contributed by atoms with Gasteiger partial charge in [0, 0.05) is 25.4 Å². The summed E-state index contributed by atoms with van der Waals surface area (Å²) in [5, 5.41) is 5.81. The lowest BCUT2D eigenvalue weighted by atomic mass is 10.3. The third-order valence-electron chi connectivity index (χ3n) is 1.76. The average molecular weight is 255 g/mol. The van der Waals surface area contributed by atoms with Crippen LogP contribution in [0, 0.1) is 0 Å². The molecule has 0 bridgehead atoms. The maximum absolute atomic E-state index is 11.5. The number of carbonyl (C=O) groups excluding carboxylic acids is 2. The van der Waals surface area contributed by atoms with Crippen molar-refractivity contribution >= 4 is 34.1 Å². The molecule has 7 nitrogen and oxygen atoms in total. The van der Waals surface area contributed by atoms with Crippen LogP contribution < -0.4 is 5.43 Å². The Morgan fingerprint density at radius 1 is 1.35 bits per heavy atom. The summed E-state index contributed by atoms with van der Waals surface area (Å²) in [6, 6.07) is 0. The fourth-order valence-corrected chi connectivity index (χ4v) is 1.59. The van der Waals surface area contributed by atoms with E-state index in [9.17, 15) is 9.59 Å². The molecule has 17 heavy (non-hydrogen) atoms. The number of hydrazone groups is 1. The Labute approximate surface area is 100 Å². The highest BCUT2D eigenvalue weighted by molar-refractivity contribution is 7.13. The number of esters is 2. The fourth-order valence-electron chi connectivity index (χ4n) is 1.12. The first-order chi connectivity index (χ1) is 7.98. The summed E-state index contributed by atoms with van der Waals surface area (Å²) in [4.78, 5) is 26.8. The molecule has 0 aliphatic carbocycles. The molecular weight excluding hydrogens is 246 g/mol. The second-order valence-corrected chi connectivity index (χ2v) is 4.48. The highest BCUT2D eigenvalue weighted by Gasteiger charge is 2.40. The molecule has 0 unspecified atom stereocenters. The third kappa shape index (κ3) is 2.59. The summed E-state index contributed by atoms with van der Waals surface area (Å²) in [5.74, 6) is -2.90. The van der Waals surface area contributed by atoms with Gasteiger partial charge in [-0.1, -0.05) is 0 Å². The van der Waals surface area contributed by atoms with Gasteiger partial charge in [-0.2, -0.15) is 5.10 Å². The molecule has 0 atom stereocenters. The second kappa shape index (κ2) is 4.13. The van der Waals surface area contributed by atoms with Crippen molar-refractivity contribution in [2.24, 2.45) is 5.10 Å². The maximum Gasteiger partial charge on any atom is 0.369 e. The highest BCUT2D eigenvalue weighted by Crippen LogP contribution is 2.18. The molecule has 0 spiro atoms. The van der Waals surface area contributed by atoms with Gasteiger partial charge in [0.05, 0.1) is 0 Å². The van der Waals surface area contributed by atoms with Gasteiger partial charge in [0.15, 0.2) is 0 Å². The minimum Gasteiger partial charge on any atom is -0.418 e. The van der Waals surface area contributed by atoms with Crippen LogP contribution in [-0.2, 0) is 19.1 Å². The Morgan fingerprint density at radius 3 is 2.53 bits per heavy atom. The molecule has 2 heterocycles. The van der Waals surface area contributed by atoms with Crippen LogP contribution >= 0.6 is 11.3 Å². The van der Waals surface area contributed by atoms with Crippen molar-refractivity contribution in [1.82, 2.24) is 4.98 Å². The third-order valence-corrected chi connectivity index (χ3v) is 2.44. The highest BCUT2D eigenvalue weighted by atomic mass is 32.1. The van der Waals surface area contributed by atoms with Crippen molar-refractivity contribution in [3.63, 3.8) is 0 Å². The predicted molar refractivity (Wildman–Crippen MR) is 59.4 cm³/mol. The quantitative estimate of drug-likeness (QED) is 0.619. The number of thiazole rings is 1. The van der Waals surface area contributed by atoms with Crippen LogP contribution in [0.25, 0.3) is 0 Å². The normalized spacial score (nSPS) is 18.4. The van der Waals surface area contributed by atoms with Crippen molar-refractivity contribution in [1.29, 1.82) is 0 Å². The molecule has 1 aliphatic rings. The molecule has 0 aromatic carbocycles. The van der Waals surface area contributed by atoms with E-state index in [4.69, 9.17) is 9.47 Å². The molecule has 0 amide bonds. The van der Waals surface area contributed by atoms with Crippen molar-refractivity contribution in [2.75, 3.05) is 5.43 Å². The number of hydrogen-bond acceptors (Lipinski definition) is 8. The predicted octanol–water partition coefficient (Wildman–Crippen LogP) is 0.747. The number of rotatable bonds is 2. The Balaban J connectivity index is 2.13. The number of nitrogens with one attached hydrogen (secondary N) is 1. The number of cyclic esters (lactones) is 2. The molecular formula is C9H9N3O4S. The van der Waals surface area contributed by atoms with E-state index in [1.807, 2.05) is 0 Å². The van der Waals surface area contributed by atoms with Crippen molar-refractivity contribution in [3.05, 3.63) is 11.6 Å². The molecule has 1 saturated heterocycles. The number of anilines is 1. The van der Waals surface area contributed by atoms with Crippen molar-refractivity contribution < 1.29 is 19.1 Å². The monoisotopic (exact) mass is 255 g/mol. The first kappa shape index (κ1) is 11.5. The number of hydrogen-bond donors (Lipinski definition) is 1. The van der Waals surface area contributed by atoms with Crippen LogP contribution in [0.3, 0.4) is 0 Å². The zero-order valence-corrected chi connectivity index (χ0v) is 9.91. The van der Waals surface area contributed by atoms with Gasteiger partial charge in [-0.15, -0.1) is 11.3 Å². The van der Waals surface area contributed by atoms with Crippen LogP contribution in [0.4, 0.5) is 5.13 Å². The molecule has 1 aliphatic heterocycles. The molecule has 8 heteroatoms. The molecule has 1 N–H and O–H groups in total. The Bertz CT molecular complexity index is 458. The largest absolute Gasteiger partial charge is 0.418 e. The minimum absolute atomic E-state index is 0.431. The second-order valence-electron chi connectivity index (χ2n) is 3.59. The van der Waals surface area contributed by atoms with E-state index in [0.717, 1.165) is 0 Å². The first-order valence-electron chi connectivity index (χ1n) is 4.68. The van der Waals surface area contributed by atoms with E-state index in [2.05, 4.69) is 15.5 Å². The van der Waals surface area contributed by atoms with Gasteiger partial charge in [-0.3, -0.25) is 5.43 Å². The number of ether oxygens (including phenoxy) is 2. The minimum atomic E-state index is -1.26. The molecule has 2 rings (SSSR count). The van der Waals surface area contributed by atoms with Gasteiger partial charge in [0.1, 0.15) is 0 Å². The van der Waals surface area contributed by atoms with Crippen LogP contribution in [0.15, 0.2) is 16.7 Å². The average Bonchev–Trinajstić information content (AvgIpc) is 2.67. The topological polar surface area (TPSA) is 89.9 Å². The number of carbonyl (C=O) groups is 2. The Kier molecular flexibility index (Phi) is 2.80. The van der Waals surface area contributed by atoms with Crippen molar-refractivity contribution in [3.8, 4) is 0 Å². The SMILES string of the molecule is CC1(C)OC(=O)C(=NNc2nccs2)C(=O)O1. The zero-order valence-electron chi connectivity index (χ0n) is 9.09. The van der Waals surface area contributed by atoms with E-state index >= 15 is 0 Å². The lowest BCUT2D eigenvalue weighted by Crippen LogP contribution is -2.47. The Hall–Kier alpha value is -1.96. The van der Waals surface area contributed by atoms with Gasteiger partial charge in [0.2, 0.25) is 5.13 Å². The lowest BCUT2D eigenvalue weighted by Gasteiger charge is -2.28. The fraction of sp³-hybridized carbons (Fsp3) is 0.333. The summed E-state index contributed by atoms with van der Waals surface area (Å²) in [6.07, 6.45) is 1.56. The molecule has 0 saturated carbocycles. The summed E-state index contributed by atoms with van der Waals surface area (Å²) >= 11 is 1.28. The van der Waals surface area contributed by atoms with Gasteiger partial charge < -0.3 is 9.47 Å².